The van der Waals surface area contributed by atoms with Crippen LogP contribution in [0.2, 0.25) is 0 Å². The molecule has 3 rings (SSSR count). The zero-order chi connectivity index (χ0) is 14.8. The van der Waals surface area contributed by atoms with Crippen molar-refractivity contribution in [1.29, 1.82) is 0 Å². The van der Waals surface area contributed by atoms with Crippen LogP contribution in [0.3, 0.4) is 0 Å². The van der Waals surface area contributed by atoms with Crippen LogP contribution >= 0.6 is 0 Å². The molecule has 1 atom stereocenters. The fourth-order valence-corrected chi connectivity index (χ4v) is 2.37. The second-order valence-corrected chi connectivity index (χ2v) is 5.38. The van der Waals surface area contributed by atoms with Gasteiger partial charge in [-0.3, -0.25) is 0 Å². The van der Waals surface area contributed by atoms with Gasteiger partial charge in [0.25, 0.3) is 0 Å². The number of aromatic nitrogens is 2. The van der Waals surface area contributed by atoms with E-state index < -0.39 is 0 Å². The van der Waals surface area contributed by atoms with E-state index in [1.165, 1.54) is 11.1 Å². The van der Waals surface area contributed by atoms with Crippen LogP contribution in [0.15, 0.2) is 60.9 Å². The van der Waals surface area contributed by atoms with Crippen molar-refractivity contribution in [2.75, 3.05) is 0 Å². The molecule has 0 amide bonds. The Morgan fingerprint density at radius 1 is 0.952 bits per heavy atom. The third-order valence-corrected chi connectivity index (χ3v) is 3.87. The first-order valence-electron chi connectivity index (χ1n) is 7.08. The lowest BCUT2D eigenvalue weighted by Crippen LogP contribution is -2.11. The number of rotatable bonds is 3. The van der Waals surface area contributed by atoms with Crippen LogP contribution in [-0.4, -0.2) is 9.78 Å². The first-order chi connectivity index (χ1) is 10.1. The number of benzene rings is 2. The quantitative estimate of drug-likeness (QED) is 0.795. The number of hydrogen-bond acceptors (Lipinski definition) is 2. The standard InChI is InChI=1S/C18H19N3/c1-13-8-9-15(10-14(13)2)18(19)16-11-20-21(12-16)17-6-4-3-5-7-17/h3-12,18H,19H2,1-2H3. The third-order valence-electron chi connectivity index (χ3n) is 3.87. The zero-order valence-corrected chi connectivity index (χ0v) is 12.3. The van der Waals surface area contributed by atoms with E-state index in [2.05, 4.69) is 37.1 Å². The Morgan fingerprint density at radius 3 is 2.43 bits per heavy atom. The minimum Gasteiger partial charge on any atom is -0.320 e. The summed E-state index contributed by atoms with van der Waals surface area (Å²) in [6.07, 6.45) is 3.84. The smallest absolute Gasteiger partial charge is 0.0645 e. The minimum absolute atomic E-state index is 0.151. The lowest BCUT2D eigenvalue weighted by molar-refractivity contribution is 0.860. The second-order valence-electron chi connectivity index (χ2n) is 5.38. The maximum Gasteiger partial charge on any atom is 0.0645 e. The van der Waals surface area contributed by atoms with Crippen molar-refractivity contribution < 1.29 is 0 Å². The summed E-state index contributed by atoms with van der Waals surface area (Å²) in [5, 5.41) is 4.41. The molecule has 2 N–H and O–H groups in total. The number of hydrogen-bond donors (Lipinski definition) is 1. The summed E-state index contributed by atoms with van der Waals surface area (Å²) in [6.45, 7) is 4.22. The van der Waals surface area contributed by atoms with E-state index in [1.54, 1.807) is 0 Å². The normalized spacial score (nSPS) is 12.3. The van der Waals surface area contributed by atoms with Gasteiger partial charge >= 0.3 is 0 Å². The Morgan fingerprint density at radius 2 is 1.71 bits per heavy atom. The molecule has 0 fully saturated rings. The van der Waals surface area contributed by atoms with E-state index in [4.69, 9.17) is 5.73 Å². The monoisotopic (exact) mass is 277 g/mol. The molecule has 0 aliphatic carbocycles. The van der Waals surface area contributed by atoms with Gasteiger partial charge < -0.3 is 5.73 Å². The molecule has 3 heteroatoms. The Balaban J connectivity index is 1.90. The molecule has 0 radical (unpaired) electrons. The van der Waals surface area contributed by atoms with E-state index in [9.17, 15) is 0 Å². The first kappa shape index (κ1) is 13.6. The van der Waals surface area contributed by atoms with Gasteiger partial charge in [-0.05, 0) is 42.7 Å². The Kier molecular flexibility index (Phi) is 3.59. The van der Waals surface area contributed by atoms with Crippen LogP contribution in [0.4, 0.5) is 0 Å². The van der Waals surface area contributed by atoms with E-state index in [-0.39, 0.29) is 6.04 Å². The average molecular weight is 277 g/mol. The molecule has 0 aliphatic rings. The molecule has 1 aromatic heterocycles. The highest BCUT2D eigenvalue weighted by Gasteiger charge is 2.12. The van der Waals surface area contributed by atoms with Crippen LogP contribution in [0, 0.1) is 13.8 Å². The summed E-state index contributed by atoms with van der Waals surface area (Å²) in [6, 6.07) is 16.3. The van der Waals surface area contributed by atoms with Crippen molar-refractivity contribution in [1.82, 2.24) is 9.78 Å². The van der Waals surface area contributed by atoms with Gasteiger partial charge in [0, 0.05) is 11.8 Å². The molecule has 0 spiro atoms. The Labute approximate surface area is 125 Å². The highest BCUT2D eigenvalue weighted by Crippen LogP contribution is 2.22. The van der Waals surface area contributed by atoms with E-state index in [0.29, 0.717) is 0 Å². The third kappa shape index (κ3) is 2.73. The summed E-state index contributed by atoms with van der Waals surface area (Å²) < 4.78 is 1.86. The molecule has 0 saturated carbocycles. The van der Waals surface area contributed by atoms with Gasteiger partial charge in [0.15, 0.2) is 0 Å². The maximum absolute atomic E-state index is 6.37. The Hall–Kier alpha value is -2.39. The van der Waals surface area contributed by atoms with Crippen molar-refractivity contribution in [3.8, 4) is 5.69 Å². The van der Waals surface area contributed by atoms with Crippen molar-refractivity contribution in [3.05, 3.63) is 83.2 Å². The molecule has 1 unspecified atom stereocenters. The van der Waals surface area contributed by atoms with Gasteiger partial charge in [0.1, 0.15) is 0 Å². The summed E-state index contributed by atoms with van der Waals surface area (Å²) in [5.74, 6) is 0. The molecule has 2 aromatic carbocycles. The number of para-hydroxylation sites is 1. The molecular weight excluding hydrogens is 258 g/mol. The lowest BCUT2D eigenvalue weighted by Gasteiger charge is -2.12. The van der Waals surface area contributed by atoms with Gasteiger partial charge in [-0.2, -0.15) is 5.10 Å². The molecule has 3 aromatic rings. The van der Waals surface area contributed by atoms with E-state index in [1.807, 2.05) is 47.4 Å². The predicted molar refractivity (Wildman–Crippen MR) is 85.5 cm³/mol. The fraction of sp³-hybridized carbons (Fsp3) is 0.167. The van der Waals surface area contributed by atoms with Crippen molar-refractivity contribution in [3.63, 3.8) is 0 Å². The van der Waals surface area contributed by atoms with Gasteiger partial charge in [-0.1, -0.05) is 36.4 Å². The highest BCUT2D eigenvalue weighted by atomic mass is 15.3. The molecule has 1 heterocycles. The number of nitrogens with two attached hydrogens (primary N) is 1. The number of aryl methyl sites for hydroxylation is 2. The second kappa shape index (κ2) is 5.54. The highest BCUT2D eigenvalue weighted by molar-refractivity contribution is 5.37. The van der Waals surface area contributed by atoms with Crippen LogP contribution in [-0.2, 0) is 0 Å². The average Bonchev–Trinajstić information content (AvgIpc) is 3.00. The van der Waals surface area contributed by atoms with Gasteiger partial charge in [0.2, 0.25) is 0 Å². The van der Waals surface area contributed by atoms with Gasteiger partial charge in [0.05, 0.1) is 17.9 Å². The molecule has 3 nitrogen and oxygen atoms in total. The van der Waals surface area contributed by atoms with Crippen LogP contribution in [0.5, 0.6) is 0 Å². The number of nitrogens with zero attached hydrogens (tertiary/aromatic N) is 2. The summed E-state index contributed by atoms with van der Waals surface area (Å²) in [4.78, 5) is 0. The summed E-state index contributed by atoms with van der Waals surface area (Å²) in [7, 11) is 0. The maximum atomic E-state index is 6.37. The molecule has 0 bridgehead atoms. The molecule has 0 saturated heterocycles. The van der Waals surface area contributed by atoms with E-state index >= 15 is 0 Å². The lowest BCUT2D eigenvalue weighted by atomic mass is 9.98. The molecule has 106 valence electrons. The van der Waals surface area contributed by atoms with Gasteiger partial charge in [-0.25, -0.2) is 4.68 Å². The van der Waals surface area contributed by atoms with Crippen LogP contribution < -0.4 is 5.73 Å². The fourth-order valence-electron chi connectivity index (χ4n) is 2.37. The minimum atomic E-state index is -0.151. The summed E-state index contributed by atoms with van der Waals surface area (Å²) >= 11 is 0. The van der Waals surface area contributed by atoms with Crippen LogP contribution in [0.1, 0.15) is 28.3 Å². The van der Waals surface area contributed by atoms with Gasteiger partial charge in [-0.15, -0.1) is 0 Å². The first-order valence-corrected chi connectivity index (χ1v) is 7.08. The van der Waals surface area contributed by atoms with Crippen LogP contribution in [0.25, 0.3) is 5.69 Å². The SMILES string of the molecule is Cc1ccc(C(N)c2cnn(-c3ccccc3)c2)cc1C. The largest absolute Gasteiger partial charge is 0.320 e. The predicted octanol–water partition coefficient (Wildman–Crippen LogP) is 3.54. The Bertz CT molecular complexity index is 744. The van der Waals surface area contributed by atoms with Crippen molar-refractivity contribution >= 4 is 0 Å². The topological polar surface area (TPSA) is 43.8 Å². The van der Waals surface area contributed by atoms with Crippen molar-refractivity contribution in [2.24, 2.45) is 5.73 Å². The molecular formula is C18H19N3. The molecule has 0 aliphatic heterocycles. The van der Waals surface area contributed by atoms with Crippen molar-refractivity contribution in [2.45, 2.75) is 19.9 Å². The zero-order valence-electron chi connectivity index (χ0n) is 12.3. The van der Waals surface area contributed by atoms with E-state index in [0.717, 1.165) is 16.8 Å². The summed E-state index contributed by atoms with van der Waals surface area (Å²) in [5.41, 5.74) is 12.1. The molecule has 21 heavy (non-hydrogen) atoms.